The molecule has 0 saturated carbocycles. The minimum atomic E-state index is 0.443. The highest BCUT2D eigenvalue weighted by molar-refractivity contribution is 5.27. The van der Waals surface area contributed by atoms with E-state index in [-0.39, 0.29) is 0 Å². The highest BCUT2D eigenvalue weighted by Gasteiger charge is 2.19. The quantitative estimate of drug-likeness (QED) is 0.708. The predicted molar refractivity (Wildman–Crippen MR) is 88.6 cm³/mol. The molecule has 1 fully saturated rings. The van der Waals surface area contributed by atoms with E-state index in [4.69, 9.17) is 4.74 Å². The zero-order valence-corrected chi connectivity index (χ0v) is 13.6. The molecular weight excluding hydrogens is 260 g/mol. The van der Waals surface area contributed by atoms with E-state index in [1.54, 1.807) is 0 Å². The molecule has 1 unspecified atom stereocenters. The van der Waals surface area contributed by atoms with Crippen molar-refractivity contribution in [1.82, 2.24) is 10.2 Å². The second-order valence-corrected chi connectivity index (χ2v) is 5.84. The van der Waals surface area contributed by atoms with E-state index in [1.165, 1.54) is 24.0 Å². The van der Waals surface area contributed by atoms with E-state index in [0.29, 0.717) is 6.10 Å². The minimum absolute atomic E-state index is 0.443. The van der Waals surface area contributed by atoms with Crippen molar-refractivity contribution in [1.29, 1.82) is 0 Å². The molecule has 21 heavy (non-hydrogen) atoms. The Hall–Kier alpha value is -0.900. The van der Waals surface area contributed by atoms with Crippen molar-refractivity contribution in [2.75, 3.05) is 32.8 Å². The Balaban J connectivity index is 1.92. The average Bonchev–Trinajstić information content (AvgIpc) is 3.01. The number of hydrogen-bond donors (Lipinski definition) is 1. The lowest BCUT2D eigenvalue weighted by Crippen LogP contribution is -2.32. The number of rotatable bonds is 9. The average molecular weight is 290 g/mol. The lowest BCUT2D eigenvalue weighted by Gasteiger charge is -2.25. The summed E-state index contributed by atoms with van der Waals surface area (Å²) in [5.41, 5.74) is 2.94. The van der Waals surface area contributed by atoms with E-state index in [1.807, 2.05) is 0 Å². The molecule has 1 aromatic carbocycles. The van der Waals surface area contributed by atoms with Gasteiger partial charge < -0.3 is 10.1 Å². The van der Waals surface area contributed by atoms with E-state index in [9.17, 15) is 0 Å². The lowest BCUT2D eigenvalue weighted by atomic mass is 10.0. The Labute approximate surface area is 129 Å². The zero-order chi connectivity index (χ0) is 14.9. The molecule has 1 atom stereocenters. The van der Waals surface area contributed by atoms with Crippen LogP contribution >= 0.6 is 0 Å². The van der Waals surface area contributed by atoms with Gasteiger partial charge in [0.15, 0.2) is 0 Å². The molecule has 1 saturated heterocycles. The van der Waals surface area contributed by atoms with Gasteiger partial charge >= 0.3 is 0 Å². The first kappa shape index (κ1) is 16.5. The fourth-order valence-electron chi connectivity index (χ4n) is 2.98. The molecule has 1 N–H and O–H groups in total. The number of nitrogens with one attached hydrogen (secondary N) is 1. The molecule has 0 amide bonds. The van der Waals surface area contributed by atoms with Crippen LogP contribution in [0.15, 0.2) is 24.3 Å². The third-order valence-electron chi connectivity index (χ3n) is 4.27. The van der Waals surface area contributed by atoms with Crippen molar-refractivity contribution >= 4 is 0 Å². The Morgan fingerprint density at radius 2 is 2.05 bits per heavy atom. The Kier molecular flexibility index (Phi) is 7.20. The molecule has 0 bridgehead atoms. The molecule has 3 nitrogen and oxygen atoms in total. The topological polar surface area (TPSA) is 24.5 Å². The Bertz CT molecular complexity index is 402. The van der Waals surface area contributed by atoms with Gasteiger partial charge in [-0.3, -0.25) is 4.90 Å². The second kappa shape index (κ2) is 9.19. The first-order valence-corrected chi connectivity index (χ1v) is 8.45. The van der Waals surface area contributed by atoms with Crippen molar-refractivity contribution in [3.05, 3.63) is 35.4 Å². The smallest absolute Gasteiger partial charge is 0.0702 e. The van der Waals surface area contributed by atoms with Gasteiger partial charge in [0.1, 0.15) is 0 Å². The molecular formula is C18H30N2O. The van der Waals surface area contributed by atoms with Crippen molar-refractivity contribution in [3.8, 4) is 0 Å². The summed E-state index contributed by atoms with van der Waals surface area (Å²) in [5.74, 6) is 0. The SMILES string of the molecule is CCNCCc1ccccc1CN(CC)CC1CCCO1. The number of hydrogen-bond acceptors (Lipinski definition) is 3. The van der Waals surface area contributed by atoms with Crippen molar-refractivity contribution in [2.24, 2.45) is 0 Å². The maximum absolute atomic E-state index is 5.78. The summed E-state index contributed by atoms with van der Waals surface area (Å²) < 4.78 is 5.78. The van der Waals surface area contributed by atoms with Crippen LogP contribution in [-0.2, 0) is 17.7 Å². The number of ether oxygens (including phenoxy) is 1. The van der Waals surface area contributed by atoms with E-state index < -0.39 is 0 Å². The van der Waals surface area contributed by atoms with Gasteiger partial charge in [0.25, 0.3) is 0 Å². The summed E-state index contributed by atoms with van der Waals surface area (Å²) in [6, 6.07) is 8.86. The molecule has 0 aromatic heterocycles. The maximum atomic E-state index is 5.78. The van der Waals surface area contributed by atoms with Crippen LogP contribution in [-0.4, -0.2) is 43.8 Å². The summed E-state index contributed by atoms with van der Waals surface area (Å²) in [7, 11) is 0. The molecule has 1 aliphatic heterocycles. The summed E-state index contributed by atoms with van der Waals surface area (Å²) in [4.78, 5) is 2.52. The van der Waals surface area contributed by atoms with Crippen LogP contribution in [0.25, 0.3) is 0 Å². The highest BCUT2D eigenvalue weighted by atomic mass is 16.5. The molecule has 0 spiro atoms. The van der Waals surface area contributed by atoms with Crippen molar-refractivity contribution in [3.63, 3.8) is 0 Å². The molecule has 2 rings (SSSR count). The van der Waals surface area contributed by atoms with E-state index >= 15 is 0 Å². The minimum Gasteiger partial charge on any atom is -0.377 e. The predicted octanol–water partition coefficient (Wildman–Crippen LogP) is 2.84. The monoisotopic (exact) mass is 290 g/mol. The third kappa shape index (κ3) is 5.42. The molecule has 0 aliphatic carbocycles. The normalized spacial score (nSPS) is 18.5. The molecule has 1 heterocycles. The van der Waals surface area contributed by atoms with Gasteiger partial charge in [-0.15, -0.1) is 0 Å². The number of benzene rings is 1. The summed E-state index contributed by atoms with van der Waals surface area (Å²) in [6.45, 7) is 10.6. The van der Waals surface area contributed by atoms with Crippen LogP contribution in [0.2, 0.25) is 0 Å². The van der Waals surface area contributed by atoms with E-state index in [2.05, 4.69) is 48.3 Å². The van der Waals surface area contributed by atoms with Crippen LogP contribution in [0.3, 0.4) is 0 Å². The van der Waals surface area contributed by atoms with Gasteiger partial charge in [-0.1, -0.05) is 38.1 Å². The van der Waals surface area contributed by atoms with Crippen LogP contribution in [0.4, 0.5) is 0 Å². The summed E-state index contributed by atoms with van der Waals surface area (Å²) in [5, 5.41) is 3.42. The van der Waals surface area contributed by atoms with Gasteiger partial charge in [0.05, 0.1) is 6.10 Å². The molecule has 3 heteroatoms. The van der Waals surface area contributed by atoms with Gasteiger partial charge in [-0.05, 0) is 50.0 Å². The number of nitrogens with zero attached hydrogens (tertiary/aromatic N) is 1. The zero-order valence-electron chi connectivity index (χ0n) is 13.6. The molecule has 0 radical (unpaired) electrons. The fourth-order valence-corrected chi connectivity index (χ4v) is 2.98. The summed E-state index contributed by atoms with van der Waals surface area (Å²) >= 11 is 0. The van der Waals surface area contributed by atoms with Crippen LogP contribution < -0.4 is 5.32 Å². The molecule has 1 aliphatic rings. The van der Waals surface area contributed by atoms with Crippen LogP contribution in [0.1, 0.15) is 37.8 Å². The maximum Gasteiger partial charge on any atom is 0.0702 e. The van der Waals surface area contributed by atoms with Gasteiger partial charge in [-0.25, -0.2) is 0 Å². The van der Waals surface area contributed by atoms with Crippen LogP contribution in [0, 0.1) is 0 Å². The second-order valence-electron chi connectivity index (χ2n) is 5.84. The Morgan fingerprint density at radius 1 is 1.24 bits per heavy atom. The van der Waals surface area contributed by atoms with Crippen molar-refractivity contribution < 1.29 is 4.74 Å². The highest BCUT2D eigenvalue weighted by Crippen LogP contribution is 2.17. The first-order valence-electron chi connectivity index (χ1n) is 8.45. The fraction of sp³-hybridized carbons (Fsp3) is 0.667. The van der Waals surface area contributed by atoms with E-state index in [0.717, 1.165) is 45.8 Å². The molecule has 1 aromatic rings. The van der Waals surface area contributed by atoms with Gasteiger partial charge in [0, 0.05) is 19.7 Å². The third-order valence-corrected chi connectivity index (χ3v) is 4.27. The first-order chi connectivity index (χ1) is 10.3. The van der Waals surface area contributed by atoms with Gasteiger partial charge in [0.2, 0.25) is 0 Å². The number of likely N-dealkylation sites (N-methyl/N-ethyl adjacent to an activating group) is 2. The van der Waals surface area contributed by atoms with Gasteiger partial charge in [-0.2, -0.15) is 0 Å². The van der Waals surface area contributed by atoms with Crippen LogP contribution in [0.5, 0.6) is 0 Å². The lowest BCUT2D eigenvalue weighted by molar-refractivity contribution is 0.0724. The molecule has 118 valence electrons. The largest absolute Gasteiger partial charge is 0.377 e. The Morgan fingerprint density at radius 3 is 2.71 bits per heavy atom. The standard InChI is InChI=1S/C18H30N2O/c1-3-19-12-11-16-8-5-6-9-17(16)14-20(4-2)15-18-10-7-13-21-18/h5-6,8-9,18-19H,3-4,7,10-15H2,1-2H3. The van der Waals surface area contributed by atoms with Crippen molar-refractivity contribution in [2.45, 2.75) is 45.8 Å². The summed E-state index contributed by atoms with van der Waals surface area (Å²) in [6.07, 6.45) is 4.00.